The van der Waals surface area contributed by atoms with Gasteiger partial charge in [-0.15, -0.1) is 16.2 Å². The fourth-order valence-corrected chi connectivity index (χ4v) is 4.37. The average molecular weight is 410 g/mol. The minimum absolute atomic E-state index is 0.116. The van der Waals surface area contributed by atoms with Crippen LogP contribution in [0.1, 0.15) is 17.1 Å². The number of halogens is 1. The summed E-state index contributed by atoms with van der Waals surface area (Å²) < 4.78 is 42.3. The number of carbonyl (C=O) groups is 1. The quantitative estimate of drug-likeness (QED) is 0.602. The van der Waals surface area contributed by atoms with Gasteiger partial charge in [0.05, 0.1) is 12.1 Å². The summed E-state index contributed by atoms with van der Waals surface area (Å²) in [5.74, 6) is -0.806. The van der Waals surface area contributed by atoms with E-state index in [1.807, 2.05) is 4.83 Å². The largest absolute Gasteiger partial charge is 0.360 e. The number of nitrogens with zero attached hydrogens (tertiary/aromatic N) is 2. The molecule has 0 aliphatic carbocycles. The molecule has 3 rings (SSSR count). The third kappa shape index (κ3) is 4.38. The van der Waals surface area contributed by atoms with Crippen LogP contribution in [0.25, 0.3) is 10.6 Å². The van der Waals surface area contributed by atoms with Crippen LogP contribution < -0.4 is 10.3 Å². The zero-order chi connectivity index (χ0) is 19.6. The second kappa shape index (κ2) is 7.55. The van der Waals surface area contributed by atoms with Gasteiger partial charge in [-0.2, -0.15) is 0 Å². The van der Waals surface area contributed by atoms with Gasteiger partial charge < -0.3 is 4.52 Å². The highest BCUT2D eigenvalue weighted by molar-refractivity contribution is 7.89. The third-order valence-corrected chi connectivity index (χ3v) is 5.98. The van der Waals surface area contributed by atoms with E-state index < -0.39 is 15.9 Å². The SMILES string of the molecule is Cc1noc(C)c1S(=O)(=O)NNC(=O)Cc1csc(-c2ccc(F)cc2)n1. The zero-order valence-electron chi connectivity index (χ0n) is 14.3. The molecule has 2 heterocycles. The lowest BCUT2D eigenvalue weighted by Crippen LogP contribution is -2.42. The highest BCUT2D eigenvalue weighted by Gasteiger charge is 2.24. The lowest BCUT2D eigenvalue weighted by molar-refractivity contribution is -0.120. The molecule has 27 heavy (non-hydrogen) atoms. The lowest BCUT2D eigenvalue weighted by atomic mass is 10.2. The molecule has 0 aliphatic heterocycles. The Balaban J connectivity index is 1.62. The molecular weight excluding hydrogens is 395 g/mol. The van der Waals surface area contributed by atoms with Crippen molar-refractivity contribution in [2.24, 2.45) is 0 Å². The summed E-state index contributed by atoms with van der Waals surface area (Å²) in [4.78, 5) is 18.2. The Morgan fingerprint density at radius 2 is 1.96 bits per heavy atom. The number of hydrazine groups is 1. The minimum atomic E-state index is -4.00. The van der Waals surface area contributed by atoms with E-state index in [-0.39, 0.29) is 28.6 Å². The molecule has 2 aromatic heterocycles. The number of nitrogens with one attached hydrogen (secondary N) is 2. The number of benzene rings is 1. The smallest absolute Gasteiger partial charge is 0.262 e. The van der Waals surface area contributed by atoms with Crippen molar-refractivity contribution in [3.05, 3.63) is 52.6 Å². The molecule has 11 heteroatoms. The molecule has 8 nitrogen and oxygen atoms in total. The van der Waals surface area contributed by atoms with Crippen LogP contribution in [0.4, 0.5) is 4.39 Å². The fourth-order valence-electron chi connectivity index (χ4n) is 2.36. The first kappa shape index (κ1) is 19.1. The second-order valence-electron chi connectivity index (χ2n) is 5.63. The fraction of sp³-hybridized carbons (Fsp3) is 0.188. The molecule has 1 amide bonds. The molecule has 0 saturated heterocycles. The summed E-state index contributed by atoms with van der Waals surface area (Å²) in [6, 6.07) is 5.84. The molecule has 3 aromatic rings. The van der Waals surface area contributed by atoms with Crippen molar-refractivity contribution in [2.45, 2.75) is 25.2 Å². The van der Waals surface area contributed by atoms with Crippen LogP contribution in [0, 0.1) is 19.7 Å². The van der Waals surface area contributed by atoms with Crippen LogP contribution in [0.2, 0.25) is 0 Å². The summed E-state index contributed by atoms with van der Waals surface area (Å²) in [5.41, 5.74) is 3.53. The standard InChI is InChI=1S/C16H15FN4O4S2/c1-9-15(10(2)25-20-9)27(23,24)21-19-14(22)7-13-8-26-16(18-13)11-3-5-12(17)6-4-11/h3-6,8,21H,7H2,1-2H3,(H,19,22). The van der Waals surface area contributed by atoms with Crippen LogP contribution in [-0.2, 0) is 21.2 Å². The van der Waals surface area contributed by atoms with Crippen LogP contribution in [0.3, 0.4) is 0 Å². The van der Waals surface area contributed by atoms with Gasteiger partial charge in [0.1, 0.15) is 21.4 Å². The molecule has 142 valence electrons. The van der Waals surface area contributed by atoms with Gasteiger partial charge in [-0.25, -0.2) is 17.8 Å². The van der Waals surface area contributed by atoms with E-state index in [9.17, 15) is 17.6 Å². The first-order valence-electron chi connectivity index (χ1n) is 7.70. The van der Waals surface area contributed by atoms with Gasteiger partial charge in [0.25, 0.3) is 10.0 Å². The van der Waals surface area contributed by atoms with Gasteiger partial charge in [0, 0.05) is 10.9 Å². The van der Waals surface area contributed by atoms with Crippen molar-refractivity contribution >= 4 is 27.3 Å². The summed E-state index contributed by atoms with van der Waals surface area (Å²) >= 11 is 1.30. The van der Waals surface area contributed by atoms with Crippen LogP contribution >= 0.6 is 11.3 Å². The molecule has 0 saturated carbocycles. The van der Waals surface area contributed by atoms with Crippen molar-refractivity contribution in [1.29, 1.82) is 0 Å². The molecule has 0 radical (unpaired) electrons. The number of sulfonamides is 1. The minimum Gasteiger partial charge on any atom is -0.360 e. The predicted molar refractivity (Wildman–Crippen MR) is 95.7 cm³/mol. The summed E-state index contributed by atoms with van der Waals surface area (Å²) in [5, 5.41) is 5.89. The third-order valence-electron chi connectivity index (χ3n) is 3.55. The monoisotopic (exact) mass is 410 g/mol. The van der Waals surface area contributed by atoms with Gasteiger partial charge >= 0.3 is 0 Å². The van der Waals surface area contributed by atoms with Crippen LogP contribution in [0.15, 0.2) is 39.1 Å². The number of aryl methyl sites for hydroxylation is 2. The second-order valence-corrected chi connectivity index (χ2v) is 8.11. The highest BCUT2D eigenvalue weighted by Crippen LogP contribution is 2.24. The normalized spacial score (nSPS) is 11.5. The van der Waals surface area contributed by atoms with Gasteiger partial charge in [-0.05, 0) is 38.1 Å². The van der Waals surface area contributed by atoms with Crippen LogP contribution in [0.5, 0.6) is 0 Å². The average Bonchev–Trinajstić information content (AvgIpc) is 3.21. The molecule has 0 fully saturated rings. The predicted octanol–water partition coefficient (Wildman–Crippen LogP) is 2.11. The van der Waals surface area contributed by atoms with E-state index in [0.29, 0.717) is 10.7 Å². The van der Waals surface area contributed by atoms with Gasteiger partial charge in [-0.3, -0.25) is 10.2 Å². The Bertz CT molecular complexity index is 1050. The van der Waals surface area contributed by atoms with E-state index in [1.165, 1.54) is 37.3 Å². The zero-order valence-corrected chi connectivity index (χ0v) is 15.9. The molecule has 0 atom stereocenters. The molecule has 2 N–H and O–H groups in total. The highest BCUT2D eigenvalue weighted by atomic mass is 32.2. The summed E-state index contributed by atoms with van der Waals surface area (Å²) in [6.07, 6.45) is -0.123. The number of carbonyl (C=O) groups excluding carboxylic acids is 1. The lowest BCUT2D eigenvalue weighted by Gasteiger charge is -2.07. The van der Waals surface area contributed by atoms with E-state index in [1.54, 1.807) is 17.5 Å². The number of rotatable bonds is 6. The van der Waals surface area contributed by atoms with Crippen molar-refractivity contribution in [3.8, 4) is 10.6 Å². The van der Waals surface area contributed by atoms with E-state index >= 15 is 0 Å². The molecule has 0 unspecified atom stereocenters. The first-order chi connectivity index (χ1) is 12.8. The number of hydrogen-bond donors (Lipinski definition) is 2. The van der Waals surface area contributed by atoms with Crippen LogP contribution in [-0.4, -0.2) is 24.5 Å². The maximum absolute atomic E-state index is 13.0. The van der Waals surface area contributed by atoms with E-state index in [0.717, 1.165) is 5.56 Å². The Labute approximate surface area is 158 Å². The maximum Gasteiger partial charge on any atom is 0.262 e. The molecule has 0 aliphatic rings. The number of hydrogen-bond acceptors (Lipinski definition) is 7. The number of thiazole rings is 1. The van der Waals surface area contributed by atoms with Gasteiger partial charge in [-0.1, -0.05) is 5.16 Å². The molecule has 1 aromatic carbocycles. The summed E-state index contributed by atoms with van der Waals surface area (Å²) in [6.45, 7) is 2.95. The van der Waals surface area contributed by atoms with E-state index in [4.69, 9.17) is 4.52 Å². The van der Waals surface area contributed by atoms with Crippen molar-refractivity contribution in [2.75, 3.05) is 0 Å². The number of amides is 1. The Morgan fingerprint density at radius 1 is 1.26 bits per heavy atom. The van der Waals surface area contributed by atoms with Gasteiger partial charge in [0.2, 0.25) is 5.91 Å². The molecule has 0 spiro atoms. The van der Waals surface area contributed by atoms with Crippen molar-refractivity contribution in [1.82, 2.24) is 20.4 Å². The van der Waals surface area contributed by atoms with Crippen molar-refractivity contribution < 1.29 is 22.1 Å². The summed E-state index contributed by atoms with van der Waals surface area (Å²) in [7, 11) is -4.00. The molecular formula is C16H15FN4O4S2. The Hall–Kier alpha value is -2.63. The van der Waals surface area contributed by atoms with E-state index in [2.05, 4.69) is 15.6 Å². The van der Waals surface area contributed by atoms with Gasteiger partial charge in [0.15, 0.2) is 5.76 Å². The Kier molecular flexibility index (Phi) is 5.35. The van der Waals surface area contributed by atoms with Crippen molar-refractivity contribution in [3.63, 3.8) is 0 Å². The maximum atomic E-state index is 13.0. The topological polar surface area (TPSA) is 114 Å². The first-order valence-corrected chi connectivity index (χ1v) is 10.1. The Morgan fingerprint density at radius 3 is 2.59 bits per heavy atom. The molecule has 0 bridgehead atoms. The number of aromatic nitrogens is 2.